The van der Waals surface area contributed by atoms with Crippen LogP contribution >= 0.6 is 0 Å². The van der Waals surface area contributed by atoms with Crippen molar-refractivity contribution >= 4 is 0 Å². The Morgan fingerprint density at radius 1 is 1.21 bits per heavy atom. The topological polar surface area (TPSA) is 0 Å². The lowest BCUT2D eigenvalue weighted by Crippen LogP contribution is -2.28. The molecule has 0 nitrogen and oxygen atoms in total. The lowest BCUT2D eigenvalue weighted by Gasteiger charge is -2.35. The molecule has 0 N–H and O–H groups in total. The fraction of sp³-hybridized carbons (Fsp3) is 0.684. The van der Waals surface area contributed by atoms with E-state index in [-0.39, 0.29) is 0 Å². The standard InChI is InChI=1S/C19H30/c1-15(2)7-6-8-16(3)9-12-19-13-10-17(11-14-19)18(19,4)5/h7,9,12,17H,3,6,8,10-11,13-14H2,1-2,4-5H3/b12-9+. The molecule has 2 bridgehead atoms. The minimum absolute atomic E-state index is 0.469. The van der Waals surface area contributed by atoms with Gasteiger partial charge in [-0.3, -0.25) is 0 Å². The van der Waals surface area contributed by atoms with Crippen molar-refractivity contribution < 1.29 is 0 Å². The van der Waals surface area contributed by atoms with Crippen molar-refractivity contribution in [1.82, 2.24) is 0 Å². The summed E-state index contributed by atoms with van der Waals surface area (Å²) >= 11 is 0. The summed E-state index contributed by atoms with van der Waals surface area (Å²) in [5, 5.41) is 0. The molecule has 0 radical (unpaired) electrons. The summed E-state index contributed by atoms with van der Waals surface area (Å²) in [4.78, 5) is 0. The zero-order valence-corrected chi connectivity index (χ0v) is 13.3. The Kier molecular flexibility index (Phi) is 4.08. The number of hydrogen-bond donors (Lipinski definition) is 0. The quantitative estimate of drug-likeness (QED) is 0.415. The first-order valence-corrected chi connectivity index (χ1v) is 7.88. The summed E-state index contributed by atoms with van der Waals surface area (Å²) in [6, 6.07) is 0. The molecule has 0 spiro atoms. The second-order valence-electron chi connectivity index (χ2n) is 7.46. The van der Waals surface area contributed by atoms with Gasteiger partial charge < -0.3 is 0 Å². The largest absolute Gasteiger partial charge is 0.0958 e. The molecule has 2 rings (SSSR count). The first kappa shape index (κ1) is 14.6. The lowest BCUT2D eigenvalue weighted by atomic mass is 9.69. The van der Waals surface area contributed by atoms with E-state index in [0.717, 1.165) is 18.8 Å². The highest BCUT2D eigenvalue weighted by atomic mass is 14.6. The summed E-state index contributed by atoms with van der Waals surface area (Å²) < 4.78 is 0. The van der Waals surface area contributed by atoms with Gasteiger partial charge in [0.05, 0.1) is 0 Å². The van der Waals surface area contributed by atoms with Gasteiger partial charge in [0.15, 0.2) is 0 Å². The molecule has 19 heavy (non-hydrogen) atoms. The molecular weight excluding hydrogens is 228 g/mol. The van der Waals surface area contributed by atoms with Crippen LogP contribution in [0.1, 0.15) is 66.2 Å². The number of fused-ring (bicyclic) bond motifs is 2. The van der Waals surface area contributed by atoms with E-state index in [4.69, 9.17) is 0 Å². The Balaban J connectivity index is 1.95. The smallest absolute Gasteiger partial charge is 0.00610 e. The summed E-state index contributed by atoms with van der Waals surface area (Å²) in [6.45, 7) is 13.5. The molecule has 2 fully saturated rings. The van der Waals surface area contributed by atoms with Crippen LogP contribution in [-0.4, -0.2) is 0 Å². The van der Waals surface area contributed by atoms with Crippen LogP contribution in [0.3, 0.4) is 0 Å². The molecular formula is C19H30. The molecule has 0 aromatic carbocycles. The minimum atomic E-state index is 0.469. The highest BCUT2D eigenvalue weighted by Crippen LogP contribution is 2.66. The maximum absolute atomic E-state index is 4.22. The Morgan fingerprint density at radius 2 is 1.84 bits per heavy atom. The van der Waals surface area contributed by atoms with Gasteiger partial charge in [-0.2, -0.15) is 0 Å². The maximum atomic E-state index is 4.22. The van der Waals surface area contributed by atoms with E-state index >= 15 is 0 Å². The molecule has 0 saturated heterocycles. The van der Waals surface area contributed by atoms with Crippen LogP contribution in [0.5, 0.6) is 0 Å². The zero-order chi connectivity index (χ0) is 14.1. The fourth-order valence-electron chi connectivity index (χ4n) is 4.19. The number of hydrogen-bond acceptors (Lipinski definition) is 0. The molecule has 0 heteroatoms. The van der Waals surface area contributed by atoms with Crippen LogP contribution in [0.2, 0.25) is 0 Å². The van der Waals surface area contributed by atoms with Crippen molar-refractivity contribution in [2.45, 2.75) is 66.2 Å². The average molecular weight is 258 g/mol. The van der Waals surface area contributed by atoms with Crippen LogP contribution in [-0.2, 0) is 0 Å². The van der Waals surface area contributed by atoms with E-state index in [9.17, 15) is 0 Å². The van der Waals surface area contributed by atoms with E-state index < -0.39 is 0 Å². The normalized spacial score (nSPS) is 31.9. The summed E-state index contributed by atoms with van der Waals surface area (Å²) in [5.41, 5.74) is 3.67. The Morgan fingerprint density at radius 3 is 2.32 bits per heavy atom. The van der Waals surface area contributed by atoms with Gasteiger partial charge >= 0.3 is 0 Å². The lowest BCUT2D eigenvalue weighted by molar-refractivity contribution is 0.186. The van der Waals surface area contributed by atoms with E-state index in [1.807, 2.05) is 0 Å². The van der Waals surface area contributed by atoms with Crippen molar-refractivity contribution in [3.8, 4) is 0 Å². The van der Waals surface area contributed by atoms with Gasteiger partial charge in [0.1, 0.15) is 0 Å². The second-order valence-corrected chi connectivity index (χ2v) is 7.46. The Hall–Kier alpha value is -0.780. The minimum Gasteiger partial charge on any atom is -0.0958 e. The second kappa shape index (κ2) is 5.31. The van der Waals surface area contributed by atoms with Crippen molar-refractivity contribution in [1.29, 1.82) is 0 Å². The van der Waals surface area contributed by atoms with Crippen molar-refractivity contribution in [2.75, 3.05) is 0 Å². The van der Waals surface area contributed by atoms with E-state index in [2.05, 4.69) is 52.5 Å². The average Bonchev–Trinajstić information content (AvgIpc) is 2.73. The van der Waals surface area contributed by atoms with Gasteiger partial charge in [-0.1, -0.05) is 49.8 Å². The van der Waals surface area contributed by atoms with Crippen LogP contribution in [0.25, 0.3) is 0 Å². The van der Waals surface area contributed by atoms with Crippen LogP contribution in [0, 0.1) is 16.7 Å². The molecule has 2 saturated carbocycles. The SMILES string of the molecule is C=C(/C=C/C12CCC(CC1)C2(C)C)CCC=C(C)C. The van der Waals surface area contributed by atoms with Gasteiger partial charge in [0, 0.05) is 0 Å². The molecule has 0 aliphatic heterocycles. The summed E-state index contributed by atoms with van der Waals surface area (Å²) in [7, 11) is 0. The van der Waals surface area contributed by atoms with E-state index in [1.54, 1.807) is 0 Å². The molecule has 0 atom stereocenters. The fourth-order valence-corrected chi connectivity index (χ4v) is 4.19. The van der Waals surface area contributed by atoms with E-state index in [1.165, 1.54) is 36.8 Å². The number of allylic oxidation sites excluding steroid dienone is 5. The van der Waals surface area contributed by atoms with Crippen molar-refractivity contribution in [3.63, 3.8) is 0 Å². The van der Waals surface area contributed by atoms with Crippen molar-refractivity contribution in [3.05, 3.63) is 36.0 Å². The van der Waals surface area contributed by atoms with Gasteiger partial charge in [0.2, 0.25) is 0 Å². The summed E-state index contributed by atoms with van der Waals surface area (Å²) in [6.07, 6.45) is 15.0. The first-order valence-electron chi connectivity index (χ1n) is 7.88. The van der Waals surface area contributed by atoms with Gasteiger partial charge in [-0.15, -0.1) is 0 Å². The number of rotatable bonds is 5. The molecule has 106 valence electrons. The monoisotopic (exact) mass is 258 g/mol. The van der Waals surface area contributed by atoms with Gasteiger partial charge in [-0.05, 0) is 69.1 Å². The van der Waals surface area contributed by atoms with Crippen LogP contribution < -0.4 is 0 Å². The molecule has 0 amide bonds. The van der Waals surface area contributed by atoms with Gasteiger partial charge in [-0.25, -0.2) is 0 Å². The predicted octanol–water partition coefficient (Wildman–Crippen LogP) is 6.06. The molecule has 0 heterocycles. The van der Waals surface area contributed by atoms with Crippen LogP contribution in [0.4, 0.5) is 0 Å². The highest BCUT2D eigenvalue weighted by Gasteiger charge is 2.57. The third-order valence-electron chi connectivity index (χ3n) is 5.84. The maximum Gasteiger partial charge on any atom is -0.00610 e. The first-order chi connectivity index (χ1) is 8.87. The van der Waals surface area contributed by atoms with E-state index in [0.29, 0.717) is 10.8 Å². The Labute approximate surface area is 119 Å². The third kappa shape index (κ3) is 2.73. The highest BCUT2D eigenvalue weighted by molar-refractivity contribution is 5.24. The molecule has 0 aromatic heterocycles. The third-order valence-corrected chi connectivity index (χ3v) is 5.84. The van der Waals surface area contributed by atoms with Crippen LogP contribution in [0.15, 0.2) is 36.0 Å². The zero-order valence-electron chi connectivity index (χ0n) is 13.3. The van der Waals surface area contributed by atoms with Gasteiger partial charge in [0.25, 0.3) is 0 Å². The molecule has 2 aliphatic rings. The molecule has 0 unspecified atom stereocenters. The predicted molar refractivity (Wildman–Crippen MR) is 85.1 cm³/mol. The van der Waals surface area contributed by atoms with Crippen molar-refractivity contribution in [2.24, 2.45) is 16.7 Å². The Bertz CT molecular complexity index is 394. The molecule has 2 aliphatic carbocycles. The molecule has 0 aromatic rings. The summed E-state index contributed by atoms with van der Waals surface area (Å²) in [5.74, 6) is 0.955.